The third-order valence-corrected chi connectivity index (χ3v) is 5.37. The molecule has 25 heavy (non-hydrogen) atoms. The molecule has 7 heteroatoms. The Morgan fingerprint density at radius 1 is 1.36 bits per heavy atom. The first-order valence-corrected chi connectivity index (χ1v) is 9.55. The van der Waals surface area contributed by atoms with Crippen LogP contribution in [0.15, 0.2) is 12.4 Å². The Morgan fingerprint density at radius 3 is 3.00 bits per heavy atom. The highest BCUT2D eigenvalue weighted by Gasteiger charge is 2.22. The molecular weight excluding hydrogens is 334 g/mol. The van der Waals surface area contributed by atoms with Crippen LogP contribution in [0.25, 0.3) is 0 Å². The average Bonchev–Trinajstić information content (AvgIpc) is 2.97. The number of nitrogens with zero attached hydrogens (tertiary/aromatic N) is 4. The number of piperidine rings is 1. The van der Waals surface area contributed by atoms with Crippen LogP contribution in [0.2, 0.25) is 0 Å². The number of thiazole rings is 1. The van der Waals surface area contributed by atoms with Crippen LogP contribution in [0.4, 0.5) is 5.13 Å². The summed E-state index contributed by atoms with van der Waals surface area (Å²) >= 11 is 1.56. The molecule has 134 valence electrons. The van der Waals surface area contributed by atoms with E-state index in [0.717, 1.165) is 43.1 Å². The van der Waals surface area contributed by atoms with Crippen LogP contribution in [-0.4, -0.2) is 38.8 Å². The van der Waals surface area contributed by atoms with E-state index in [2.05, 4.69) is 25.2 Å². The highest BCUT2D eigenvalue weighted by Crippen LogP contribution is 2.25. The predicted molar refractivity (Wildman–Crippen MR) is 99.6 cm³/mol. The summed E-state index contributed by atoms with van der Waals surface area (Å²) in [6, 6.07) is 0. The maximum atomic E-state index is 11.1. The van der Waals surface area contributed by atoms with Gasteiger partial charge in [-0.05, 0) is 45.6 Å². The van der Waals surface area contributed by atoms with Crippen molar-refractivity contribution in [2.24, 2.45) is 5.92 Å². The topological polar surface area (TPSA) is 71.0 Å². The van der Waals surface area contributed by atoms with Crippen LogP contribution in [0.3, 0.4) is 0 Å². The van der Waals surface area contributed by atoms with E-state index in [9.17, 15) is 4.79 Å². The highest BCUT2D eigenvalue weighted by atomic mass is 32.1. The first-order valence-electron chi connectivity index (χ1n) is 8.73. The van der Waals surface area contributed by atoms with Crippen molar-refractivity contribution >= 4 is 22.4 Å². The number of amides is 1. The molecule has 2 aromatic heterocycles. The zero-order valence-corrected chi connectivity index (χ0v) is 15.9. The molecule has 0 aromatic carbocycles. The zero-order valence-electron chi connectivity index (χ0n) is 15.1. The quantitative estimate of drug-likeness (QED) is 0.889. The van der Waals surface area contributed by atoms with Gasteiger partial charge in [0.25, 0.3) is 0 Å². The maximum absolute atomic E-state index is 11.1. The fourth-order valence-corrected chi connectivity index (χ4v) is 4.23. The first-order chi connectivity index (χ1) is 12.0. The second-order valence-electron chi connectivity index (χ2n) is 6.80. The molecule has 1 saturated heterocycles. The van der Waals surface area contributed by atoms with Gasteiger partial charge < -0.3 is 5.32 Å². The van der Waals surface area contributed by atoms with Crippen LogP contribution < -0.4 is 5.32 Å². The van der Waals surface area contributed by atoms with Gasteiger partial charge in [-0.3, -0.25) is 19.7 Å². The molecule has 1 aliphatic rings. The van der Waals surface area contributed by atoms with Gasteiger partial charge in [-0.15, -0.1) is 11.3 Å². The van der Waals surface area contributed by atoms with Crippen molar-refractivity contribution in [1.82, 2.24) is 19.9 Å². The van der Waals surface area contributed by atoms with Crippen LogP contribution in [0, 0.1) is 19.8 Å². The summed E-state index contributed by atoms with van der Waals surface area (Å²) in [5.41, 5.74) is 3.17. The van der Waals surface area contributed by atoms with Gasteiger partial charge in [-0.1, -0.05) is 0 Å². The van der Waals surface area contributed by atoms with Gasteiger partial charge >= 0.3 is 0 Å². The largest absolute Gasteiger partial charge is 0.302 e. The number of carbonyl (C=O) groups excluding carboxylic acids is 1. The van der Waals surface area contributed by atoms with E-state index in [0.29, 0.717) is 11.0 Å². The van der Waals surface area contributed by atoms with Crippen molar-refractivity contribution in [3.05, 3.63) is 34.4 Å². The predicted octanol–water partition coefficient (Wildman–Crippen LogP) is 2.96. The molecule has 1 unspecified atom stereocenters. The van der Waals surface area contributed by atoms with Crippen molar-refractivity contribution in [3.8, 4) is 0 Å². The van der Waals surface area contributed by atoms with Gasteiger partial charge in [-0.25, -0.2) is 4.98 Å². The lowest BCUT2D eigenvalue weighted by molar-refractivity contribution is -0.114. The fourth-order valence-electron chi connectivity index (χ4n) is 3.33. The van der Waals surface area contributed by atoms with Crippen molar-refractivity contribution < 1.29 is 4.79 Å². The summed E-state index contributed by atoms with van der Waals surface area (Å²) in [6.45, 7) is 8.63. The molecule has 1 amide bonds. The standard InChI is InChI=1S/C18H25N5OS/c1-12-8-19-13(2)17(21-12)7-15-5-4-6-23(10-15)11-16-9-20-18(25-16)22-14(3)24/h8-9,15H,4-7,10-11H2,1-3H3,(H,20,22,24). The lowest BCUT2D eigenvalue weighted by Crippen LogP contribution is -2.35. The fraction of sp³-hybridized carbons (Fsp3) is 0.556. The van der Waals surface area contributed by atoms with E-state index in [1.165, 1.54) is 24.6 Å². The number of likely N-dealkylation sites (tertiary alicyclic amines) is 1. The van der Waals surface area contributed by atoms with Gasteiger partial charge in [0.15, 0.2) is 5.13 Å². The number of hydrogen-bond acceptors (Lipinski definition) is 6. The van der Waals surface area contributed by atoms with E-state index in [1.807, 2.05) is 26.2 Å². The van der Waals surface area contributed by atoms with Gasteiger partial charge in [0.2, 0.25) is 5.91 Å². The summed E-state index contributed by atoms with van der Waals surface area (Å²) in [7, 11) is 0. The summed E-state index contributed by atoms with van der Waals surface area (Å²) in [5.74, 6) is 0.542. The van der Waals surface area contributed by atoms with E-state index < -0.39 is 0 Å². The second-order valence-corrected chi connectivity index (χ2v) is 7.92. The van der Waals surface area contributed by atoms with E-state index >= 15 is 0 Å². The van der Waals surface area contributed by atoms with E-state index in [1.54, 1.807) is 11.3 Å². The Balaban J connectivity index is 1.58. The number of carbonyl (C=O) groups is 1. The lowest BCUT2D eigenvalue weighted by atomic mass is 9.92. The Bertz CT molecular complexity index is 745. The van der Waals surface area contributed by atoms with Gasteiger partial charge in [0, 0.05) is 37.3 Å². The third kappa shape index (κ3) is 5.06. The molecule has 1 fully saturated rings. The summed E-state index contributed by atoms with van der Waals surface area (Å²) < 4.78 is 0. The number of aryl methyl sites for hydroxylation is 2. The van der Waals surface area contributed by atoms with Crippen LogP contribution in [0.1, 0.15) is 41.7 Å². The number of anilines is 1. The van der Waals surface area contributed by atoms with Crippen molar-refractivity contribution in [2.45, 2.75) is 46.6 Å². The molecule has 1 atom stereocenters. The Morgan fingerprint density at radius 2 is 2.20 bits per heavy atom. The monoisotopic (exact) mass is 359 g/mol. The summed E-state index contributed by atoms with van der Waals surface area (Å²) in [6.07, 6.45) is 7.15. The second kappa shape index (κ2) is 8.01. The minimum atomic E-state index is -0.0754. The van der Waals surface area contributed by atoms with E-state index in [4.69, 9.17) is 0 Å². The average molecular weight is 359 g/mol. The minimum Gasteiger partial charge on any atom is -0.302 e. The third-order valence-electron chi connectivity index (χ3n) is 4.48. The van der Waals surface area contributed by atoms with Crippen molar-refractivity contribution in [1.29, 1.82) is 0 Å². The molecular formula is C18H25N5OS. The molecule has 0 bridgehead atoms. The minimum absolute atomic E-state index is 0.0754. The molecule has 3 rings (SSSR count). The van der Waals surface area contributed by atoms with Gasteiger partial charge in [-0.2, -0.15) is 0 Å². The molecule has 1 aliphatic heterocycles. The maximum Gasteiger partial charge on any atom is 0.223 e. The van der Waals surface area contributed by atoms with Crippen molar-refractivity contribution in [3.63, 3.8) is 0 Å². The van der Waals surface area contributed by atoms with Crippen LogP contribution in [-0.2, 0) is 17.8 Å². The first kappa shape index (κ1) is 17.9. The summed E-state index contributed by atoms with van der Waals surface area (Å²) in [4.78, 5) is 28.2. The van der Waals surface area contributed by atoms with Crippen molar-refractivity contribution in [2.75, 3.05) is 18.4 Å². The van der Waals surface area contributed by atoms with Crippen LogP contribution >= 0.6 is 11.3 Å². The lowest BCUT2D eigenvalue weighted by Gasteiger charge is -2.32. The number of aromatic nitrogens is 3. The Kier molecular flexibility index (Phi) is 5.75. The molecule has 0 aliphatic carbocycles. The number of nitrogens with one attached hydrogen (secondary N) is 1. The smallest absolute Gasteiger partial charge is 0.223 e. The summed E-state index contributed by atoms with van der Waals surface area (Å²) in [5, 5.41) is 3.43. The Hall–Kier alpha value is -1.86. The molecule has 2 aromatic rings. The molecule has 0 saturated carbocycles. The number of hydrogen-bond donors (Lipinski definition) is 1. The van der Waals surface area contributed by atoms with E-state index in [-0.39, 0.29) is 5.91 Å². The van der Waals surface area contributed by atoms with Crippen LogP contribution in [0.5, 0.6) is 0 Å². The van der Waals surface area contributed by atoms with Gasteiger partial charge in [0.05, 0.1) is 17.1 Å². The highest BCUT2D eigenvalue weighted by molar-refractivity contribution is 7.15. The molecule has 0 radical (unpaired) electrons. The number of rotatable bonds is 5. The van der Waals surface area contributed by atoms with Gasteiger partial charge in [0.1, 0.15) is 0 Å². The molecule has 0 spiro atoms. The Labute approximate surface area is 152 Å². The molecule has 6 nitrogen and oxygen atoms in total. The normalized spacial score (nSPS) is 18.3. The SMILES string of the molecule is CC(=O)Nc1ncc(CN2CCCC(Cc3nc(C)cnc3C)C2)s1. The molecule has 3 heterocycles. The zero-order chi connectivity index (χ0) is 17.8. The molecule has 1 N–H and O–H groups in total.